The van der Waals surface area contributed by atoms with Crippen LogP contribution in [-0.2, 0) is 4.79 Å². The van der Waals surface area contributed by atoms with Gasteiger partial charge in [0.2, 0.25) is 5.91 Å². The minimum absolute atomic E-state index is 0.147. The third-order valence-electron chi connectivity index (χ3n) is 3.42. The number of aromatic nitrogens is 1. The van der Waals surface area contributed by atoms with Gasteiger partial charge in [-0.05, 0) is 25.1 Å². The molecule has 23 heavy (non-hydrogen) atoms. The zero-order valence-corrected chi connectivity index (χ0v) is 13.2. The number of anilines is 2. The van der Waals surface area contributed by atoms with E-state index in [1.165, 1.54) is 28.4 Å². The molecule has 1 aromatic heterocycles. The lowest BCUT2D eigenvalue weighted by atomic mass is 10.2. The SMILES string of the molecule is Cc1csc(NC(=O)N[C@H]2CC(=O)N(c3cccc(F)c3)C2)n1. The van der Waals surface area contributed by atoms with E-state index in [0.29, 0.717) is 17.4 Å². The van der Waals surface area contributed by atoms with Gasteiger partial charge in [-0.15, -0.1) is 11.3 Å². The highest BCUT2D eigenvalue weighted by molar-refractivity contribution is 7.13. The normalized spacial score (nSPS) is 17.4. The van der Waals surface area contributed by atoms with Gasteiger partial charge in [-0.25, -0.2) is 14.2 Å². The van der Waals surface area contributed by atoms with Crippen molar-refractivity contribution in [3.63, 3.8) is 0 Å². The summed E-state index contributed by atoms with van der Waals surface area (Å²) in [6, 6.07) is 5.12. The fourth-order valence-electron chi connectivity index (χ4n) is 2.43. The van der Waals surface area contributed by atoms with Crippen molar-refractivity contribution in [3.05, 3.63) is 41.2 Å². The molecule has 1 aliphatic rings. The van der Waals surface area contributed by atoms with E-state index < -0.39 is 11.8 Å². The van der Waals surface area contributed by atoms with Crippen molar-refractivity contribution in [2.45, 2.75) is 19.4 Å². The molecule has 1 saturated heterocycles. The van der Waals surface area contributed by atoms with Crippen molar-refractivity contribution >= 4 is 34.1 Å². The van der Waals surface area contributed by atoms with E-state index in [9.17, 15) is 14.0 Å². The Balaban J connectivity index is 1.60. The molecular weight excluding hydrogens is 319 g/mol. The van der Waals surface area contributed by atoms with Crippen LogP contribution in [0.5, 0.6) is 0 Å². The molecule has 0 aliphatic carbocycles. The number of carbonyl (C=O) groups is 2. The summed E-state index contributed by atoms with van der Waals surface area (Å²) in [5, 5.41) is 7.72. The lowest BCUT2D eigenvalue weighted by molar-refractivity contribution is -0.117. The quantitative estimate of drug-likeness (QED) is 0.906. The van der Waals surface area contributed by atoms with Gasteiger partial charge < -0.3 is 10.2 Å². The van der Waals surface area contributed by atoms with Crippen molar-refractivity contribution in [1.29, 1.82) is 0 Å². The molecule has 0 radical (unpaired) electrons. The van der Waals surface area contributed by atoms with E-state index in [2.05, 4.69) is 15.6 Å². The Labute approximate surface area is 136 Å². The topological polar surface area (TPSA) is 74.3 Å². The smallest absolute Gasteiger partial charge is 0.321 e. The number of nitrogens with one attached hydrogen (secondary N) is 2. The molecule has 2 N–H and O–H groups in total. The molecule has 1 atom stereocenters. The summed E-state index contributed by atoms with van der Waals surface area (Å²) in [7, 11) is 0. The Morgan fingerprint density at radius 1 is 1.48 bits per heavy atom. The van der Waals surface area contributed by atoms with Gasteiger partial charge in [0.1, 0.15) is 5.82 Å². The number of rotatable bonds is 3. The van der Waals surface area contributed by atoms with Crippen LogP contribution in [0.4, 0.5) is 20.0 Å². The van der Waals surface area contributed by atoms with Gasteiger partial charge in [-0.3, -0.25) is 10.1 Å². The number of halogens is 1. The fourth-order valence-corrected chi connectivity index (χ4v) is 3.11. The molecule has 2 aromatic rings. The van der Waals surface area contributed by atoms with Crippen molar-refractivity contribution in [1.82, 2.24) is 10.3 Å². The predicted molar refractivity (Wildman–Crippen MR) is 86.2 cm³/mol. The highest BCUT2D eigenvalue weighted by Gasteiger charge is 2.31. The van der Waals surface area contributed by atoms with Gasteiger partial charge in [0.05, 0.1) is 11.7 Å². The summed E-state index contributed by atoms with van der Waals surface area (Å²) in [6.07, 6.45) is 0.181. The summed E-state index contributed by atoms with van der Waals surface area (Å²) < 4.78 is 13.3. The van der Waals surface area contributed by atoms with Crippen molar-refractivity contribution in [2.75, 3.05) is 16.8 Å². The van der Waals surface area contributed by atoms with Gasteiger partial charge in [0.15, 0.2) is 5.13 Å². The lowest BCUT2D eigenvalue weighted by Gasteiger charge is -2.17. The van der Waals surface area contributed by atoms with Crippen LogP contribution in [0.15, 0.2) is 29.6 Å². The number of urea groups is 1. The molecule has 0 bridgehead atoms. The van der Waals surface area contributed by atoms with Crippen LogP contribution >= 0.6 is 11.3 Å². The first-order valence-electron chi connectivity index (χ1n) is 7.07. The standard InChI is InChI=1S/C15H15FN4O2S/c1-9-8-23-15(17-9)19-14(22)18-11-6-13(21)20(7-11)12-4-2-3-10(16)5-12/h2-5,8,11H,6-7H2,1H3,(H2,17,18,19,22)/t11-/m0/s1. The zero-order valence-electron chi connectivity index (χ0n) is 12.4. The molecule has 1 aromatic carbocycles. The Morgan fingerprint density at radius 2 is 2.30 bits per heavy atom. The number of thiazole rings is 1. The molecule has 3 amide bonds. The molecule has 1 fully saturated rings. The van der Waals surface area contributed by atoms with Crippen LogP contribution < -0.4 is 15.5 Å². The van der Waals surface area contributed by atoms with E-state index in [0.717, 1.165) is 5.69 Å². The van der Waals surface area contributed by atoms with Crippen molar-refractivity contribution in [3.8, 4) is 0 Å². The van der Waals surface area contributed by atoms with Gasteiger partial charge in [-0.2, -0.15) is 0 Å². The first-order valence-corrected chi connectivity index (χ1v) is 7.95. The highest BCUT2D eigenvalue weighted by atomic mass is 32.1. The maximum atomic E-state index is 13.3. The summed E-state index contributed by atoms with van der Waals surface area (Å²) in [5.41, 5.74) is 1.33. The van der Waals surface area contributed by atoms with Gasteiger partial charge in [0, 0.05) is 24.0 Å². The fraction of sp³-hybridized carbons (Fsp3) is 0.267. The van der Waals surface area contributed by atoms with E-state index in [1.54, 1.807) is 12.1 Å². The van der Waals surface area contributed by atoms with Gasteiger partial charge in [-0.1, -0.05) is 6.07 Å². The molecule has 2 heterocycles. The second kappa shape index (κ2) is 6.33. The van der Waals surface area contributed by atoms with E-state index >= 15 is 0 Å². The van der Waals surface area contributed by atoms with Crippen molar-refractivity contribution in [2.24, 2.45) is 0 Å². The number of aryl methyl sites for hydroxylation is 1. The number of hydrogen-bond acceptors (Lipinski definition) is 4. The average Bonchev–Trinajstić information content (AvgIpc) is 3.04. The lowest BCUT2D eigenvalue weighted by Crippen LogP contribution is -2.39. The number of hydrogen-bond donors (Lipinski definition) is 2. The molecular formula is C15H15FN4O2S. The molecule has 3 rings (SSSR count). The van der Waals surface area contributed by atoms with Crippen LogP contribution in [0, 0.1) is 12.7 Å². The first-order chi connectivity index (χ1) is 11.0. The minimum atomic E-state index is -0.404. The van der Waals surface area contributed by atoms with Gasteiger partial charge >= 0.3 is 6.03 Å². The monoisotopic (exact) mass is 334 g/mol. The number of amides is 3. The second-order valence-corrected chi connectivity index (χ2v) is 6.14. The summed E-state index contributed by atoms with van der Waals surface area (Å²) in [4.78, 5) is 29.6. The number of carbonyl (C=O) groups excluding carboxylic acids is 2. The Kier molecular flexibility index (Phi) is 4.24. The Morgan fingerprint density at radius 3 is 3.00 bits per heavy atom. The Bertz CT molecular complexity index is 749. The van der Waals surface area contributed by atoms with E-state index in [1.807, 2.05) is 12.3 Å². The van der Waals surface area contributed by atoms with E-state index in [-0.39, 0.29) is 18.4 Å². The molecule has 0 saturated carbocycles. The molecule has 8 heteroatoms. The third-order valence-corrected chi connectivity index (χ3v) is 4.30. The molecule has 0 unspecified atom stereocenters. The van der Waals surface area contributed by atoms with Crippen LogP contribution in [0.3, 0.4) is 0 Å². The summed E-state index contributed by atoms with van der Waals surface area (Å²) >= 11 is 1.33. The third kappa shape index (κ3) is 3.65. The number of nitrogens with zero attached hydrogens (tertiary/aromatic N) is 2. The minimum Gasteiger partial charge on any atom is -0.333 e. The first kappa shape index (κ1) is 15.4. The largest absolute Gasteiger partial charge is 0.333 e. The molecule has 1 aliphatic heterocycles. The maximum absolute atomic E-state index is 13.3. The molecule has 0 spiro atoms. The number of benzene rings is 1. The summed E-state index contributed by atoms with van der Waals surface area (Å²) in [5.74, 6) is -0.547. The maximum Gasteiger partial charge on any atom is 0.321 e. The van der Waals surface area contributed by atoms with Gasteiger partial charge in [0.25, 0.3) is 0 Å². The van der Waals surface area contributed by atoms with Crippen LogP contribution in [-0.4, -0.2) is 29.5 Å². The predicted octanol–water partition coefficient (Wildman–Crippen LogP) is 2.52. The Hall–Kier alpha value is -2.48. The van der Waals surface area contributed by atoms with Crippen LogP contribution in [0.25, 0.3) is 0 Å². The zero-order chi connectivity index (χ0) is 16.4. The molecule has 6 nitrogen and oxygen atoms in total. The summed E-state index contributed by atoms with van der Waals surface area (Å²) in [6.45, 7) is 2.15. The molecule has 120 valence electrons. The van der Waals surface area contributed by atoms with Crippen molar-refractivity contribution < 1.29 is 14.0 Å². The van der Waals surface area contributed by atoms with Crippen LogP contribution in [0.1, 0.15) is 12.1 Å². The average molecular weight is 334 g/mol. The van der Waals surface area contributed by atoms with E-state index in [4.69, 9.17) is 0 Å². The second-order valence-electron chi connectivity index (χ2n) is 5.28. The van der Waals surface area contributed by atoms with Crippen LogP contribution in [0.2, 0.25) is 0 Å². The highest BCUT2D eigenvalue weighted by Crippen LogP contribution is 2.22.